The summed E-state index contributed by atoms with van der Waals surface area (Å²) in [6.07, 6.45) is 3.21. The molecule has 0 radical (unpaired) electrons. The van der Waals surface area contributed by atoms with Crippen molar-refractivity contribution in [2.24, 2.45) is 0 Å². The average molecular weight is 347 g/mol. The van der Waals surface area contributed by atoms with Crippen LogP contribution in [0, 0.1) is 0 Å². The van der Waals surface area contributed by atoms with Crippen molar-refractivity contribution < 1.29 is 9.21 Å². The van der Waals surface area contributed by atoms with E-state index >= 15 is 0 Å². The predicted octanol–water partition coefficient (Wildman–Crippen LogP) is 3.52. The number of carbonyl (C=O) groups excluding carboxylic acids is 1. The Morgan fingerprint density at radius 1 is 1.22 bits per heavy atom. The number of anilines is 1. The molecule has 1 amide bonds. The van der Waals surface area contributed by atoms with Gasteiger partial charge in [-0.25, -0.2) is 0 Å². The van der Waals surface area contributed by atoms with Gasteiger partial charge in [-0.05, 0) is 24.3 Å². The molecule has 3 rings (SSSR count). The van der Waals surface area contributed by atoms with Crippen LogP contribution >= 0.6 is 23.4 Å². The van der Waals surface area contributed by atoms with Crippen LogP contribution < -0.4 is 5.32 Å². The molecule has 0 aliphatic carbocycles. The van der Waals surface area contributed by atoms with Crippen LogP contribution in [-0.2, 0) is 4.79 Å². The number of amides is 1. The summed E-state index contributed by atoms with van der Waals surface area (Å²) in [6.45, 7) is 0. The number of hydrogen-bond acceptors (Lipinski definition) is 6. The van der Waals surface area contributed by atoms with Crippen molar-refractivity contribution in [1.29, 1.82) is 0 Å². The Bertz CT molecular complexity index is 810. The highest BCUT2D eigenvalue weighted by molar-refractivity contribution is 7.99. The van der Waals surface area contributed by atoms with E-state index in [9.17, 15) is 4.79 Å². The van der Waals surface area contributed by atoms with Gasteiger partial charge in [0.15, 0.2) is 0 Å². The van der Waals surface area contributed by atoms with Crippen molar-refractivity contribution in [3.05, 3.63) is 53.8 Å². The van der Waals surface area contributed by atoms with Crippen LogP contribution in [0.15, 0.2) is 58.4 Å². The van der Waals surface area contributed by atoms with Crippen molar-refractivity contribution in [2.45, 2.75) is 5.22 Å². The van der Waals surface area contributed by atoms with Crippen LogP contribution in [0.4, 0.5) is 5.69 Å². The fourth-order valence-electron chi connectivity index (χ4n) is 1.77. The van der Waals surface area contributed by atoms with Crippen LogP contribution in [0.2, 0.25) is 5.02 Å². The topological polar surface area (TPSA) is 80.9 Å². The first-order chi connectivity index (χ1) is 11.2. The molecule has 116 valence electrons. The summed E-state index contributed by atoms with van der Waals surface area (Å²) in [4.78, 5) is 15.8. The molecule has 8 heteroatoms. The SMILES string of the molecule is O=C(CSc1nnc(-c2ccccc2Cl)o1)Nc1cccnc1. The minimum atomic E-state index is -0.180. The molecule has 6 nitrogen and oxygen atoms in total. The standard InChI is InChI=1S/C15H11ClN4O2S/c16-12-6-2-1-5-11(12)14-19-20-15(22-14)23-9-13(21)18-10-4-3-7-17-8-10/h1-8H,9H2,(H,18,21). The zero-order chi connectivity index (χ0) is 16.1. The second-order valence-corrected chi connectivity index (χ2v) is 5.77. The molecule has 2 heterocycles. The first-order valence-electron chi connectivity index (χ1n) is 6.63. The summed E-state index contributed by atoms with van der Waals surface area (Å²) in [7, 11) is 0. The molecule has 0 saturated heterocycles. The van der Waals surface area contributed by atoms with Crippen molar-refractivity contribution >= 4 is 35.0 Å². The van der Waals surface area contributed by atoms with E-state index in [4.69, 9.17) is 16.0 Å². The lowest BCUT2D eigenvalue weighted by molar-refractivity contribution is -0.113. The monoisotopic (exact) mass is 346 g/mol. The number of carbonyl (C=O) groups is 1. The fraction of sp³-hybridized carbons (Fsp3) is 0.0667. The van der Waals surface area contributed by atoms with E-state index in [0.717, 1.165) is 11.8 Å². The van der Waals surface area contributed by atoms with Gasteiger partial charge in [0.25, 0.3) is 5.22 Å². The van der Waals surface area contributed by atoms with Gasteiger partial charge in [0, 0.05) is 6.20 Å². The number of hydrogen-bond donors (Lipinski definition) is 1. The zero-order valence-corrected chi connectivity index (χ0v) is 13.3. The maximum absolute atomic E-state index is 11.8. The molecular formula is C15H11ClN4O2S. The lowest BCUT2D eigenvalue weighted by Gasteiger charge is -2.02. The maximum Gasteiger partial charge on any atom is 0.277 e. The quantitative estimate of drug-likeness (QED) is 0.712. The van der Waals surface area contributed by atoms with Crippen molar-refractivity contribution in [3.63, 3.8) is 0 Å². The van der Waals surface area contributed by atoms with Gasteiger partial charge >= 0.3 is 0 Å². The molecule has 0 fully saturated rings. The zero-order valence-electron chi connectivity index (χ0n) is 11.8. The van der Waals surface area contributed by atoms with E-state index in [-0.39, 0.29) is 11.7 Å². The van der Waals surface area contributed by atoms with Gasteiger partial charge in [-0.2, -0.15) is 0 Å². The van der Waals surface area contributed by atoms with Gasteiger partial charge in [0.2, 0.25) is 11.8 Å². The summed E-state index contributed by atoms with van der Waals surface area (Å²) in [5.74, 6) is 0.297. The van der Waals surface area contributed by atoms with Gasteiger partial charge < -0.3 is 9.73 Å². The molecule has 23 heavy (non-hydrogen) atoms. The molecule has 0 unspecified atom stereocenters. The molecule has 0 spiro atoms. The third-order valence-corrected chi connectivity index (χ3v) is 3.93. The number of pyridine rings is 1. The van der Waals surface area contributed by atoms with Crippen molar-refractivity contribution in [3.8, 4) is 11.5 Å². The van der Waals surface area contributed by atoms with Crippen molar-refractivity contribution in [1.82, 2.24) is 15.2 Å². The maximum atomic E-state index is 11.8. The Labute approximate surface area is 141 Å². The average Bonchev–Trinajstić information content (AvgIpc) is 3.03. The largest absolute Gasteiger partial charge is 0.411 e. The van der Waals surface area contributed by atoms with E-state index < -0.39 is 0 Å². The summed E-state index contributed by atoms with van der Waals surface area (Å²) in [5.41, 5.74) is 1.30. The highest BCUT2D eigenvalue weighted by atomic mass is 35.5. The Morgan fingerprint density at radius 3 is 2.87 bits per heavy atom. The second kappa shape index (κ2) is 7.26. The lowest BCUT2D eigenvalue weighted by Crippen LogP contribution is -2.13. The van der Waals surface area contributed by atoms with E-state index in [1.165, 1.54) is 0 Å². The minimum Gasteiger partial charge on any atom is -0.411 e. The molecular weight excluding hydrogens is 336 g/mol. The van der Waals surface area contributed by atoms with Gasteiger partial charge in [-0.1, -0.05) is 35.5 Å². The third-order valence-electron chi connectivity index (χ3n) is 2.78. The number of benzene rings is 1. The molecule has 3 aromatic rings. The summed E-state index contributed by atoms with van der Waals surface area (Å²) < 4.78 is 5.52. The van der Waals surface area contributed by atoms with Crippen LogP contribution in [-0.4, -0.2) is 26.8 Å². The van der Waals surface area contributed by atoms with Gasteiger partial charge in [0.05, 0.1) is 28.2 Å². The highest BCUT2D eigenvalue weighted by Crippen LogP contribution is 2.28. The van der Waals surface area contributed by atoms with E-state index in [0.29, 0.717) is 27.4 Å². The smallest absolute Gasteiger partial charge is 0.277 e. The minimum absolute atomic E-state index is 0.152. The Kier molecular flexibility index (Phi) is 4.89. The van der Waals surface area contributed by atoms with Gasteiger partial charge in [-0.3, -0.25) is 9.78 Å². The van der Waals surface area contributed by atoms with Crippen LogP contribution in [0.5, 0.6) is 0 Å². The molecule has 1 N–H and O–H groups in total. The summed E-state index contributed by atoms with van der Waals surface area (Å²) >= 11 is 7.23. The first-order valence-corrected chi connectivity index (χ1v) is 8.00. The van der Waals surface area contributed by atoms with Crippen LogP contribution in [0.1, 0.15) is 0 Å². The number of aromatic nitrogens is 3. The highest BCUT2D eigenvalue weighted by Gasteiger charge is 2.13. The van der Waals surface area contributed by atoms with Gasteiger partial charge in [-0.15, -0.1) is 10.2 Å². The number of thioether (sulfide) groups is 1. The van der Waals surface area contributed by atoms with E-state index in [1.807, 2.05) is 12.1 Å². The normalized spacial score (nSPS) is 10.5. The van der Waals surface area contributed by atoms with Crippen molar-refractivity contribution in [2.75, 3.05) is 11.1 Å². The summed E-state index contributed by atoms with van der Waals surface area (Å²) in [5, 5.41) is 11.4. The fourth-order valence-corrected chi connectivity index (χ4v) is 2.55. The first kappa shape index (κ1) is 15.5. The molecule has 0 aliphatic rings. The number of nitrogens with zero attached hydrogens (tertiary/aromatic N) is 3. The molecule has 0 aliphatic heterocycles. The Balaban J connectivity index is 1.59. The molecule has 2 aromatic heterocycles. The number of halogens is 1. The number of nitrogens with one attached hydrogen (secondary N) is 1. The van der Waals surface area contributed by atoms with Crippen LogP contribution in [0.3, 0.4) is 0 Å². The second-order valence-electron chi connectivity index (χ2n) is 4.43. The Morgan fingerprint density at radius 2 is 2.09 bits per heavy atom. The summed E-state index contributed by atoms with van der Waals surface area (Å²) in [6, 6.07) is 10.7. The molecule has 0 bridgehead atoms. The number of rotatable bonds is 5. The Hall–Kier alpha value is -2.38. The van der Waals surface area contributed by atoms with Crippen LogP contribution in [0.25, 0.3) is 11.5 Å². The molecule has 0 atom stereocenters. The third kappa shape index (κ3) is 4.08. The predicted molar refractivity (Wildman–Crippen MR) is 88.3 cm³/mol. The van der Waals surface area contributed by atoms with E-state index in [1.54, 1.807) is 36.7 Å². The lowest BCUT2D eigenvalue weighted by atomic mass is 10.2. The van der Waals surface area contributed by atoms with Gasteiger partial charge in [0.1, 0.15) is 0 Å². The molecule has 1 aromatic carbocycles. The molecule has 0 saturated carbocycles. The van der Waals surface area contributed by atoms with E-state index in [2.05, 4.69) is 20.5 Å².